The van der Waals surface area contributed by atoms with Gasteiger partial charge in [0.05, 0.1) is 4.90 Å². The minimum atomic E-state index is -3.85. The second kappa shape index (κ2) is 7.49. The van der Waals surface area contributed by atoms with Gasteiger partial charge < -0.3 is 15.2 Å². The van der Waals surface area contributed by atoms with Crippen LogP contribution in [0.15, 0.2) is 39.8 Å². The van der Waals surface area contributed by atoms with Crippen molar-refractivity contribution >= 4 is 33.3 Å². The molecule has 2 amide bonds. The van der Waals surface area contributed by atoms with E-state index in [2.05, 4.69) is 15.8 Å². The highest BCUT2D eigenvalue weighted by Crippen LogP contribution is 2.27. The minimum absolute atomic E-state index is 0.0635. The number of nitrogens with zero attached hydrogens (tertiary/aromatic N) is 2. The first-order chi connectivity index (χ1) is 12.8. The fraction of sp³-hybridized carbons (Fsp3) is 0.353. The molecule has 144 valence electrons. The lowest BCUT2D eigenvalue weighted by Crippen LogP contribution is -2.43. The summed E-state index contributed by atoms with van der Waals surface area (Å²) in [6.07, 6.45) is 1.00. The summed E-state index contributed by atoms with van der Waals surface area (Å²) in [5, 5.41) is 8.87. The molecule has 3 rings (SSSR count). The monoisotopic (exact) mass is 392 g/mol. The van der Waals surface area contributed by atoms with Crippen LogP contribution in [0.3, 0.4) is 0 Å². The van der Waals surface area contributed by atoms with Crippen LogP contribution in [0.25, 0.3) is 0 Å². The molecule has 1 saturated heterocycles. The Hall–Kier alpha value is -2.72. The van der Waals surface area contributed by atoms with E-state index in [1.807, 2.05) is 0 Å². The molecule has 2 heterocycles. The molecule has 0 saturated carbocycles. The van der Waals surface area contributed by atoms with Crippen LogP contribution in [-0.4, -0.2) is 42.3 Å². The van der Waals surface area contributed by atoms with Crippen LogP contribution >= 0.6 is 0 Å². The Kier molecular flexibility index (Phi) is 5.29. The molecule has 2 N–H and O–H groups in total. The number of aryl methyl sites for hydroxylation is 1. The van der Waals surface area contributed by atoms with Gasteiger partial charge in [0.2, 0.25) is 21.8 Å². The van der Waals surface area contributed by atoms with Crippen molar-refractivity contribution in [1.29, 1.82) is 0 Å². The summed E-state index contributed by atoms with van der Waals surface area (Å²) in [6, 6.07) is 6.59. The molecule has 0 spiro atoms. The van der Waals surface area contributed by atoms with Gasteiger partial charge in [0.15, 0.2) is 5.82 Å². The van der Waals surface area contributed by atoms with Crippen LogP contribution < -0.4 is 10.6 Å². The van der Waals surface area contributed by atoms with E-state index in [4.69, 9.17) is 4.52 Å². The van der Waals surface area contributed by atoms with Gasteiger partial charge >= 0.3 is 0 Å². The fourth-order valence-electron chi connectivity index (χ4n) is 2.97. The molecule has 0 radical (unpaired) electrons. The number of carbonyl (C=O) groups is 2. The minimum Gasteiger partial charge on any atom is -0.360 e. The van der Waals surface area contributed by atoms with Crippen LogP contribution in [0, 0.1) is 6.92 Å². The average Bonchev–Trinajstić information content (AvgIpc) is 3.24. The third-order valence-corrected chi connectivity index (χ3v) is 6.09. The van der Waals surface area contributed by atoms with E-state index in [1.54, 1.807) is 13.0 Å². The highest BCUT2D eigenvalue weighted by Gasteiger charge is 2.39. The third kappa shape index (κ3) is 4.17. The van der Waals surface area contributed by atoms with Gasteiger partial charge in [-0.15, -0.1) is 0 Å². The van der Waals surface area contributed by atoms with Gasteiger partial charge in [-0.2, -0.15) is 4.31 Å². The largest absolute Gasteiger partial charge is 0.360 e. The predicted octanol–water partition coefficient (Wildman–Crippen LogP) is 1.73. The zero-order valence-corrected chi connectivity index (χ0v) is 15.7. The molecule has 1 unspecified atom stereocenters. The molecule has 27 heavy (non-hydrogen) atoms. The van der Waals surface area contributed by atoms with Crippen molar-refractivity contribution in [2.45, 2.75) is 37.6 Å². The van der Waals surface area contributed by atoms with Gasteiger partial charge in [-0.25, -0.2) is 8.42 Å². The Balaban J connectivity index is 1.78. The number of nitrogens with one attached hydrogen (secondary N) is 2. The number of benzene rings is 1. The smallest absolute Gasteiger partial charge is 0.244 e. The first-order valence-corrected chi connectivity index (χ1v) is 9.85. The molecule has 1 aliphatic heterocycles. The van der Waals surface area contributed by atoms with Crippen molar-refractivity contribution in [1.82, 2.24) is 9.46 Å². The Morgan fingerprint density at radius 1 is 1.22 bits per heavy atom. The molecule has 1 atom stereocenters. The summed E-state index contributed by atoms with van der Waals surface area (Å²) in [7, 11) is -3.85. The molecule has 1 aromatic heterocycles. The van der Waals surface area contributed by atoms with Crippen LogP contribution in [0.1, 0.15) is 25.5 Å². The maximum Gasteiger partial charge on any atom is 0.244 e. The molecule has 1 aliphatic rings. The summed E-state index contributed by atoms with van der Waals surface area (Å²) >= 11 is 0. The number of anilines is 2. The van der Waals surface area contributed by atoms with Crippen molar-refractivity contribution < 1.29 is 22.5 Å². The number of hydrogen-bond acceptors (Lipinski definition) is 6. The van der Waals surface area contributed by atoms with E-state index >= 15 is 0 Å². The SMILES string of the molecule is CC(=O)Nc1ccc(S(=O)(=O)N2CCCC2C(=O)Nc2cc(C)on2)cc1. The van der Waals surface area contributed by atoms with Gasteiger partial charge in [0, 0.05) is 25.2 Å². The van der Waals surface area contributed by atoms with Crippen molar-refractivity contribution in [3.63, 3.8) is 0 Å². The fourth-order valence-corrected chi connectivity index (χ4v) is 4.63. The van der Waals surface area contributed by atoms with E-state index in [1.165, 1.54) is 35.5 Å². The van der Waals surface area contributed by atoms with E-state index in [0.717, 1.165) is 0 Å². The standard InChI is InChI=1S/C17H20N4O5S/c1-11-10-16(20-26-11)19-17(23)15-4-3-9-21(15)27(24,25)14-7-5-13(6-8-14)18-12(2)22/h5-8,10,15H,3-4,9H2,1-2H3,(H,18,22)(H,19,20,23). The average molecular weight is 392 g/mol. The van der Waals surface area contributed by atoms with Crippen LogP contribution in [0.5, 0.6) is 0 Å². The zero-order chi connectivity index (χ0) is 19.6. The molecule has 10 heteroatoms. The lowest BCUT2D eigenvalue weighted by Gasteiger charge is -2.23. The van der Waals surface area contributed by atoms with Gasteiger partial charge in [-0.1, -0.05) is 5.16 Å². The van der Waals surface area contributed by atoms with Crippen molar-refractivity contribution in [3.05, 3.63) is 36.1 Å². The lowest BCUT2D eigenvalue weighted by molar-refractivity contribution is -0.119. The van der Waals surface area contributed by atoms with E-state index in [0.29, 0.717) is 24.3 Å². The highest BCUT2D eigenvalue weighted by molar-refractivity contribution is 7.89. The molecule has 2 aromatic rings. The number of aromatic nitrogens is 1. The number of amides is 2. The van der Waals surface area contributed by atoms with Crippen molar-refractivity contribution in [2.75, 3.05) is 17.2 Å². The number of rotatable bonds is 5. The summed E-state index contributed by atoms with van der Waals surface area (Å²) < 4.78 is 32.0. The van der Waals surface area contributed by atoms with Crippen LogP contribution in [0.4, 0.5) is 11.5 Å². The first-order valence-electron chi connectivity index (χ1n) is 8.41. The normalized spacial score (nSPS) is 17.6. The molecular formula is C17H20N4O5S. The highest BCUT2D eigenvalue weighted by atomic mass is 32.2. The van der Waals surface area contributed by atoms with Crippen molar-refractivity contribution in [3.8, 4) is 0 Å². The van der Waals surface area contributed by atoms with E-state index in [9.17, 15) is 18.0 Å². The second-order valence-electron chi connectivity index (χ2n) is 6.29. The maximum absolute atomic E-state index is 13.0. The van der Waals surface area contributed by atoms with Gasteiger partial charge in [-0.05, 0) is 44.0 Å². The van der Waals surface area contributed by atoms with Crippen LogP contribution in [0.2, 0.25) is 0 Å². The summed E-state index contributed by atoms with van der Waals surface area (Å²) in [4.78, 5) is 23.7. The van der Waals surface area contributed by atoms with E-state index < -0.39 is 22.0 Å². The number of carbonyl (C=O) groups excluding carboxylic acids is 2. The Morgan fingerprint density at radius 2 is 1.93 bits per heavy atom. The van der Waals surface area contributed by atoms with Gasteiger partial charge in [-0.3, -0.25) is 9.59 Å². The number of sulfonamides is 1. The zero-order valence-electron chi connectivity index (χ0n) is 14.9. The molecule has 9 nitrogen and oxygen atoms in total. The third-order valence-electron chi connectivity index (χ3n) is 4.17. The molecule has 0 aliphatic carbocycles. The molecule has 1 aromatic carbocycles. The summed E-state index contributed by atoms with van der Waals surface area (Å²) in [5.74, 6) is 0.103. The predicted molar refractivity (Wildman–Crippen MR) is 97.5 cm³/mol. The summed E-state index contributed by atoms with van der Waals surface area (Å²) in [5.41, 5.74) is 0.499. The quantitative estimate of drug-likeness (QED) is 0.799. The molecular weight excluding hydrogens is 372 g/mol. The lowest BCUT2D eigenvalue weighted by atomic mass is 10.2. The van der Waals surface area contributed by atoms with Crippen LogP contribution in [-0.2, 0) is 19.6 Å². The van der Waals surface area contributed by atoms with Gasteiger partial charge in [0.1, 0.15) is 11.8 Å². The number of hydrogen-bond donors (Lipinski definition) is 2. The Morgan fingerprint density at radius 3 is 2.52 bits per heavy atom. The van der Waals surface area contributed by atoms with E-state index in [-0.39, 0.29) is 23.2 Å². The Bertz CT molecular complexity index is 952. The second-order valence-corrected chi connectivity index (χ2v) is 8.18. The molecule has 0 bridgehead atoms. The maximum atomic E-state index is 13.0. The van der Waals surface area contributed by atoms with Crippen molar-refractivity contribution in [2.24, 2.45) is 0 Å². The van der Waals surface area contributed by atoms with Gasteiger partial charge in [0.25, 0.3) is 0 Å². The first kappa shape index (κ1) is 19.1. The Labute approximate surface area is 156 Å². The molecule has 1 fully saturated rings. The summed E-state index contributed by atoms with van der Waals surface area (Å²) in [6.45, 7) is 3.32. The topological polar surface area (TPSA) is 122 Å².